The number of hydrogen-bond acceptors (Lipinski definition) is 4. The number of nitrogens with zero attached hydrogens (tertiary/aromatic N) is 1. The smallest absolute Gasteiger partial charge is 0.494 e. The summed E-state index contributed by atoms with van der Waals surface area (Å²) in [6.45, 7) is 8.71. The number of methoxy groups -OCH3 is 1. The standard InChI is InChI=1S/C24H31BF2N2O4/c1-6-24(3,4)33-25(32-7-2)18-13-17-10-11-29(21(17)14-20(18)27)23(30)28-15-16-8-9-19(26)22(12-16)31-5/h8-9,12-14H,6-7,10-11,15H2,1-5H3,(H,28,30). The van der Waals surface area contributed by atoms with Crippen molar-refractivity contribution >= 4 is 24.3 Å². The number of ether oxygens (including phenoxy) is 1. The molecule has 1 aliphatic heterocycles. The van der Waals surface area contributed by atoms with Crippen molar-refractivity contribution in [3.8, 4) is 5.75 Å². The largest absolute Gasteiger partial charge is 0.497 e. The van der Waals surface area contributed by atoms with Gasteiger partial charge in [0.15, 0.2) is 11.6 Å². The van der Waals surface area contributed by atoms with Crippen molar-refractivity contribution in [2.75, 3.05) is 25.2 Å². The molecule has 0 unspecified atom stereocenters. The topological polar surface area (TPSA) is 60.0 Å². The third-order valence-corrected chi connectivity index (χ3v) is 5.85. The summed E-state index contributed by atoms with van der Waals surface area (Å²) in [5.41, 5.74) is 1.93. The summed E-state index contributed by atoms with van der Waals surface area (Å²) >= 11 is 0. The van der Waals surface area contributed by atoms with Crippen molar-refractivity contribution in [1.29, 1.82) is 0 Å². The van der Waals surface area contributed by atoms with Crippen molar-refractivity contribution in [2.45, 2.75) is 52.7 Å². The minimum atomic E-state index is -0.827. The Balaban J connectivity index is 1.75. The van der Waals surface area contributed by atoms with Gasteiger partial charge in [-0.2, -0.15) is 0 Å². The molecule has 1 N–H and O–H groups in total. The maximum Gasteiger partial charge on any atom is 0.497 e. The number of anilines is 1. The van der Waals surface area contributed by atoms with Gasteiger partial charge < -0.3 is 19.4 Å². The molecule has 0 fully saturated rings. The Hall–Kier alpha value is -2.65. The lowest BCUT2D eigenvalue weighted by Crippen LogP contribution is -2.45. The van der Waals surface area contributed by atoms with Crippen LogP contribution in [0.1, 0.15) is 45.2 Å². The van der Waals surface area contributed by atoms with Gasteiger partial charge in [-0.3, -0.25) is 4.90 Å². The second kappa shape index (κ2) is 10.5. The highest BCUT2D eigenvalue weighted by molar-refractivity contribution is 6.61. The molecule has 0 aromatic heterocycles. The Kier molecular flexibility index (Phi) is 7.97. The van der Waals surface area contributed by atoms with E-state index in [1.165, 1.54) is 30.2 Å². The Morgan fingerprint density at radius 1 is 1.18 bits per heavy atom. The molecule has 0 saturated heterocycles. The number of carbonyl (C=O) groups excluding carboxylic acids is 1. The highest BCUT2D eigenvalue weighted by atomic mass is 19.1. The van der Waals surface area contributed by atoms with Crippen molar-refractivity contribution in [3.63, 3.8) is 0 Å². The molecule has 0 spiro atoms. The number of fused-ring (bicyclic) bond motifs is 1. The van der Waals surface area contributed by atoms with Gasteiger partial charge >= 0.3 is 13.1 Å². The van der Waals surface area contributed by atoms with Crippen LogP contribution >= 0.6 is 0 Å². The molecule has 2 aromatic carbocycles. The van der Waals surface area contributed by atoms with Gasteiger partial charge in [0.1, 0.15) is 5.82 Å². The molecule has 0 saturated carbocycles. The van der Waals surface area contributed by atoms with Crippen LogP contribution in [0.2, 0.25) is 0 Å². The number of urea groups is 1. The van der Waals surface area contributed by atoms with Crippen LogP contribution in [0, 0.1) is 11.6 Å². The van der Waals surface area contributed by atoms with Gasteiger partial charge in [-0.25, -0.2) is 13.6 Å². The van der Waals surface area contributed by atoms with Crippen molar-refractivity contribution < 1.29 is 27.6 Å². The van der Waals surface area contributed by atoms with E-state index in [9.17, 15) is 9.18 Å². The normalized spacial score (nSPS) is 13.1. The van der Waals surface area contributed by atoms with Crippen LogP contribution in [0.25, 0.3) is 0 Å². The average Bonchev–Trinajstić information content (AvgIpc) is 3.20. The van der Waals surface area contributed by atoms with E-state index in [0.29, 0.717) is 36.3 Å². The minimum Gasteiger partial charge on any atom is -0.494 e. The first-order valence-electron chi connectivity index (χ1n) is 11.2. The van der Waals surface area contributed by atoms with Crippen molar-refractivity contribution in [2.24, 2.45) is 0 Å². The lowest BCUT2D eigenvalue weighted by Gasteiger charge is -2.28. The molecule has 33 heavy (non-hydrogen) atoms. The molecular weight excluding hydrogens is 429 g/mol. The molecular formula is C24H31BF2N2O4. The van der Waals surface area contributed by atoms with Gasteiger partial charge in [0, 0.05) is 30.8 Å². The summed E-state index contributed by atoms with van der Waals surface area (Å²) < 4.78 is 45.5. The predicted octanol–water partition coefficient (Wildman–Crippen LogP) is 4.18. The van der Waals surface area contributed by atoms with Crippen molar-refractivity contribution in [1.82, 2.24) is 5.32 Å². The van der Waals surface area contributed by atoms with Crippen LogP contribution < -0.4 is 20.4 Å². The minimum absolute atomic E-state index is 0.111. The number of rotatable bonds is 9. The number of carbonyl (C=O) groups is 1. The Labute approximate surface area is 194 Å². The van der Waals surface area contributed by atoms with Crippen molar-refractivity contribution in [3.05, 3.63) is 53.1 Å². The number of amides is 2. The maximum atomic E-state index is 15.1. The van der Waals surface area contributed by atoms with Crippen LogP contribution in [0.3, 0.4) is 0 Å². The molecule has 9 heteroatoms. The fourth-order valence-corrected chi connectivity index (χ4v) is 3.62. The predicted molar refractivity (Wildman–Crippen MR) is 125 cm³/mol. The van der Waals surface area contributed by atoms with E-state index < -0.39 is 24.4 Å². The van der Waals surface area contributed by atoms with Crippen LogP contribution in [0.15, 0.2) is 30.3 Å². The van der Waals surface area contributed by atoms with Gasteiger partial charge in [0.2, 0.25) is 0 Å². The lowest BCUT2D eigenvalue weighted by molar-refractivity contribution is 0.0703. The van der Waals surface area contributed by atoms with Gasteiger partial charge in [-0.15, -0.1) is 0 Å². The molecule has 0 atom stereocenters. The van der Waals surface area contributed by atoms with Gasteiger partial charge in [0.05, 0.1) is 12.8 Å². The van der Waals surface area contributed by atoms with E-state index in [1.807, 2.05) is 27.7 Å². The molecule has 0 aliphatic carbocycles. The zero-order valence-corrected chi connectivity index (χ0v) is 19.8. The number of halogens is 2. The summed E-state index contributed by atoms with van der Waals surface area (Å²) in [4.78, 5) is 14.3. The lowest BCUT2D eigenvalue weighted by atomic mass is 9.76. The van der Waals surface area contributed by atoms with Gasteiger partial charge in [-0.05, 0) is 62.9 Å². The SMILES string of the molecule is CCOB(OC(C)(C)CC)c1cc2c(cc1F)N(C(=O)NCc1ccc(F)c(OC)c1)CC2. The second-order valence-electron chi connectivity index (χ2n) is 8.55. The fraction of sp³-hybridized carbons (Fsp3) is 0.458. The monoisotopic (exact) mass is 460 g/mol. The number of benzene rings is 2. The summed E-state index contributed by atoms with van der Waals surface area (Å²) in [6, 6.07) is 7.15. The van der Waals surface area contributed by atoms with Crippen LogP contribution in [-0.4, -0.2) is 39.0 Å². The molecule has 1 aliphatic rings. The third kappa shape index (κ3) is 5.84. The maximum absolute atomic E-state index is 15.1. The van der Waals surface area contributed by atoms with Crippen LogP contribution in [-0.2, 0) is 22.3 Å². The van der Waals surface area contributed by atoms with E-state index >= 15 is 4.39 Å². The molecule has 2 aromatic rings. The number of hydrogen-bond donors (Lipinski definition) is 1. The molecule has 3 rings (SSSR count). The van der Waals surface area contributed by atoms with E-state index in [4.69, 9.17) is 14.0 Å². The molecule has 0 bridgehead atoms. The Morgan fingerprint density at radius 3 is 2.61 bits per heavy atom. The molecule has 178 valence electrons. The summed E-state index contributed by atoms with van der Waals surface area (Å²) in [5, 5.41) is 2.81. The zero-order valence-electron chi connectivity index (χ0n) is 19.8. The highest BCUT2D eigenvalue weighted by Gasteiger charge is 2.34. The molecule has 6 nitrogen and oxygen atoms in total. The average molecular weight is 460 g/mol. The van der Waals surface area contributed by atoms with E-state index in [2.05, 4.69) is 5.32 Å². The van der Waals surface area contributed by atoms with E-state index in [0.717, 1.165) is 12.0 Å². The third-order valence-electron chi connectivity index (χ3n) is 5.85. The Morgan fingerprint density at radius 2 is 1.94 bits per heavy atom. The molecule has 0 radical (unpaired) electrons. The molecule has 2 amide bonds. The summed E-state index contributed by atoms with van der Waals surface area (Å²) in [6.07, 6.45) is 1.34. The van der Waals surface area contributed by atoms with Gasteiger partial charge in [0.25, 0.3) is 0 Å². The zero-order chi connectivity index (χ0) is 24.2. The first-order chi connectivity index (χ1) is 15.7. The van der Waals surface area contributed by atoms with E-state index in [1.54, 1.807) is 12.1 Å². The van der Waals surface area contributed by atoms with Crippen LogP contribution in [0.4, 0.5) is 19.3 Å². The quantitative estimate of drug-likeness (QED) is 0.571. The number of nitrogens with one attached hydrogen (secondary N) is 1. The van der Waals surface area contributed by atoms with E-state index in [-0.39, 0.29) is 18.3 Å². The first kappa shape index (κ1) is 25.0. The Bertz CT molecular complexity index is 1000. The highest BCUT2D eigenvalue weighted by Crippen LogP contribution is 2.29. The summed E-state index contributed by atoms with van der Waals surface area (Å²) in [5.74, 6) is -0.841. The first-order valence-corrected chi connectivity index (χ1v) is 11.2. The summed E-state index contributed by atoms with van der Waals surface area (Å²) in [7, 11) is 0.557. The molecule has 1 heterocycles. The second-order valence-corrected chi connectivity index (χ2v) is 8.55. The van der Waals surface area contributed by atoms with Gasteiger partial charge in [-0.1, -0.05) is 19.1 Å². The van der Waals surface area contributed by atoms with Crippen LogP contribution in [0.5, 0.6) is 5.75 Å². The fourth-order valence-electron chi connectivity index (χ4n) is 3.62.